The molecule has 7 nitrogen and oxygen atoms in total. The number of rotatable bonds is 6. The average Bonchev–Trinajstić information content (AvgIpc) is 3.20. The van der Waals surface area contributed by atoms with E-state index in [0.717, 1.165) is 11.1 Å². The number of sulfonamides is 1. The maximum Gasteiger partial charge on any atom is 0.320 e. The zero-order chi connectivity index (χ0) is 20.9. The van der Waals surface area contributed by atoms with E-state index in [0.29, 0.717) is 22.9 Å². The second-order valence-electron chi connectivity index (χ2n) is 5.89. The van der Waals surface area contributed by atoms with Gasteiger partial charge in [0.15, 0.2) is 5.01 Å². The van der Waals surface area contributed by atoms with Crippen molar-refractivity contribution < 1.29 is 13.2 Å². The summed E-state index contributed by atoms with van der Waals surface area (Å²) in [4.78, 5) is 16.2. The van der Waals surface area contributed by atoms with Gasteiger partial charge in [0, 0.05) is 17.5 Å². The SMILES string of the molecule is C#Cc1nc(NC(=O)NCc2ccc(-c3ccccc3S(=O)(=O)NC)cc2)cs1. The van der Waals surface area contributed by atoms with Crippen molar-refractivity contribution in [1.29, 1.82) is 0 Å². The van der Waals surface area contributed by atoms with Crippen LogP contribution in [0.2, 0.25) is 0 Å². The molecule has 0 bridgehead atoms. The number of amides is 2. The second-order valence-corrected chi connectivity index (χ2v) is 8.60. The molecule has 0 saturated carbocycles. The Hall–Kier alpha value is -3.19. The standard InChI is InChI=1S/C20H18N4O3S2/c1-3-19-23-18(13-28-19)24-20(25)22-12-14-8-10-15(11-9-14)16-6-4-5-7-17(16)29(26,27)21-2/h1,4-11,13,21H,12H2,2H3,(H2,22,24,25). The third-order valence-electron chi connectivity index (χ3n) is 4.03. The smallest absolute Gasteiger partial charge is 0.320 e. The molecule has 3 aromatic rings. The number of benzene rings is 2. The normalized spacial score (nSPS) is 10.9. The number of urea groups is 1. The van der Waals surface area contributed by atoms with Gasteiger partial charge < -0.3 is 5.32 Å². The molecule has 3 rings (SSSR count). The summed E-state index contributed by atoms with van der Waals surface area (Å²) in [5.74, 6) is 2.81. The summed E-state index contributed by atoms with van der Waals surface area (Å²) in [6.07, 6.45) is 5.26. The zero-order valence-electron chi connectivity index (χ0n) is 15.5. The summed E-state index contributed by atoms with van der Waals surface area (Å²) in [6.45, 7) is 0.300. The van der Waals surface area contributed by atoms with E-state index < -0.39 is 16.1 Å². The molecule has 0 saturated heterocycles. The summed E-state index contributed by atoms with van der Waals surface area (Å²) >= 11 is 1.27. The fourth-order valence-electron chi connectivity index (χ4n) is 2.59. The first-order valence-corrected chi connectivity index (χ1v) is 10.9. The van der Waals surface area contributed by atoms with Crippen molar-refractivity contribution >= 4 is 33.2 Å². The van der Waals surface area contributed by atoms with Crippen LogP contribution in [0.25, 0.3) is 11.1 Å². The van der Waals surface area contributed by atoms with E-state index in [1.54, 1.807) is 29.6 Å². The Kier molecular flexibility index (Phi) is 6.29. The molecule has 1 aromatic heterocycles. The molecule has 2 amide bonds. The summed E-state index contributed by atoms with van der Waals surface area (Å²) in [6, 6.07) is 13.7. The minimum Gasteiger partial charge on any atom is -0.334 e. The Morgan fingerprint density at radius 3 is 2.55 bits per heavy atom. The maximum atomic E-state index is 12.2. The van der Waals surface area contributed by atoms with Gasteiger partial charge in [-0.3, -0.25) is 5.32 Å². The minimum absolute atomic E-state index is 0.211. The number of anilines is 1. The lowest BCUT2D eigenvalue weighted by Crippen LogP contribution is -2.28. The molecule has 29 heavy (non-hydrogen) atoms. The van der Waals surface area contributed by atoms with Crippen LogP contribution in [-0.2, 0) is 16.6 Å². The Bertz CT molecular complexity index is 1160. The van der Waals surface area contributed by atoms with Crippen molar-refractivity contribution in [3.63, 3.8) is 0 Å². The highest BCUT2D eigenvalue weighted by molar-refractivity contribution is 7.89. The van der Waals surface area contributed by atoms with Crippen LogP contribution in [0, 0.1) is 12.3 Å². The topological polar surface area (TPSA) is 100 Å². The lowest BCUT2D eigenvalue weighted by atomic mass is 10.0. The Morgan fingerprint density at radius 1 is 1.17 bits per heavy atom. The van der Waals surface area contributed by atoms with E-state index in [1.807, 2.05) is 24.3 Å². The maximum absolute atomic E-state index is 12.2. The number of aromatic nitrogens is 1. The van der Waals surface area contributed by atoms with Crippen LogP contribution in [0.4, 0.5) is 10.6 Å². The third kappa shape index (κ3) is 5.00. The second kappa shape index (κ2) is 8.87. The van der Waals surface area contributed by atoms with E-state index in [-0.39, 0.29) is 4.90 Å². The number of carbonyl (C=O) groups excluding carboxylic acids is 1. The molecule has 0 unspecified atom stereocenters. The first-order valence-electron chi connectivity index (χ1n) is 8.52. The molecule has 0 aliphatic rings. The number of carbonyl (C=O) groups is 1. The van der Waals surface area contributed by atoms with E-state index >= 15 is 0 Å². The van der Waals surface area contributed by atoms with Gasteiger partial charge in [-0.25, -0.2) is 22.9 Å². The fourth-order valence-corrected chi connectivity index (χ4v) is 4.10. The van der Waals surface area contributed by atoms with Gasteiger partial charge in [0.2, 0.25) is 10.0 Å². The minimum atomic E-state index is -3.57. The van der Waals surface area contributed by atoms with Crippen molar-refractivity contribution in [2.45, 2.75) is 11.4 Å². The third-order valence-corrected chi connectivity index (χ3v) is 6.28. The van der Waals surface area contributed by atoms with Crippen LogP contribution in [0.1, 0.15) is 10.6 Å². The molecule has 148 valence electrons. The van der Waals surface area contributed by atoms with Crippen LogP contribution >= 0.6 is 11.3 Å². The molecular formula is C20H18N4O3S2. The Labute approximate surface area is 173 Å². The molecule has 0 atom stereocenters. The number of hydrogen-bond donors (Lipinski definition) is 3. The van der Waals surface area contributed by atoms with Crippen molar-refractivity contribution in [3.8, 4) is 23.5 Å². The molecule has 0 aliphatic heterocycles. The van der Waals surface area contributed by atoms with Crippen LogP contribution in [0.15, 0.2) is 58.8 Å². The molecule has 0 aliphatic carbocycles. The van der Waals surface area contributed by atoms with E-state index in [4.69, 9.17) is 6.42 Å². The molecule has 0 fully saturated rings. The summed E-state index contributed by atoms with van der Waals surface area (Å²) in [7, 11) is -2.19. The summed E-state index contributed by atoms with van der Waals surface area (Å²) < 4.78 is 26.8. The molecule has 9 heteroatoms. The highest BCUT2D eigenvalue weighted by atomic mass is 32.2. The number of nitrogens with zero attached hydrogens (tertiary/aromatic N) is 1. The lowest BCUT2D eigenvalue weighted by Gasteiger charge is -2.11. The van der Waals surface area contributed by atoms with Gasteiger partial charge in [-0.05, 0) is 30.2 Å². The number of thiazole rings is 1. The first-order chi connectivity index (χ1) is 13.9. The average molecular weight is 427 g/mol. The van der Waals surface area contributed by atoms with Gasteiger partial charge >= 0.3 is 6.03 Å². The first kappa shape index (κ1) is 20.5. The number of terminal acetylenes is 1. The molecule has 3 N–H and O–H groups in total. The molecule has 0 radical (unpaired) electrons. The Balaban J connectivity index is 1.67. The van der Waals surface area contributed by atoms with Gasteiger partial charge in [-0.2, -0.15) is 0 Å². The van der Waals surface area contributed by atoms with Crippen molar-refractivity contribution in [2.24, 2.45) is 0 Å². The van der Waals surface area contributed by atoms with E-state index in [9.17, 15) is 13.2 Å². The highest BCUT2D eigenvalue weighted by Crippen LogP contribution is 2.27. The van der Waals surface area contributed by atoms with Gasteiger partial charge in [-0.1, -0.05) is 42.5 Å². The number of nitrogens with one attached hydrogen (secondary N) is 3. The molecule has 1 heterocycles. The van der Waals surface area contributed by atoms with E-state index in [2.05, 4.69) is 26.3 Å². The van der Waals surface area contributed by atoms with Crippen molar-refractivity contribution in [2.75, 3.05) is 12.4 Å². The van der Waals surface area contributed by atoms with Gasteiger partial charge in [0.05, 0.1) is 4.90 Å². The molecule has 0 spiro atoms. The quantitative estimate of drug-likeness (QED) is 0.528. The zero-order valence-corrected chi connectivity index (χ0v) is 17.1. The monoisotopic (exact) mass is 426 g/mol. The fraction of sp³-hybridized carbons (Fsp3) is 0.100. The van der Waals surface area contributed by atoms with Gasteiger partial charge in [-0.15, -0.1) is 17.8 Å². The van der Waals surface area contributed by atoms with Crippen LogP contribution in [0.3, 0.4) is 0 Å². The predicted octanol–water partition coefficient (Wildman–Crippen LogP) is 3.02. The Morgan fingerprint density at radius 2 is 1.90 bits per heavy atom. The predicted molar refractivity (Wildman–Crippen MR) is 114 cm³/mol. The summed E-state index contributed by atoms with van der Waals surface area (Å²) in [5, 5.41) is 7.51. The van der Waals surface area contributed by atoms with Crippen LogP contribution < -0.4 is 15.4 Å². The molecular weight excluding hydrogens is 408 g/mol. The van der Waals surface area contributed by atoms with Crippen LogP contribution in [-0.4, -0.2) is 26.5 Å². The largest absolute Gasteiger partial charge is 0.334 e. The van der Waals surface area contributed by atoms with Crippen molar-refractivity contribution in [1.82, 2.24) is 15.0 Å². The van der Waals surface area contributed by atoms with Crippen molar-refractivity contribution in [3.05, 3.63) is 64.5 Å². The summed E-state index contributed by atoms with van der Waals surface area (Å²) in [5.41, 5.74) is 2.23. The van der Waals surface area contributed by atoms with Crippen LogP contribution in [0.5, 0.6) is 0 Å². The molecule has 2 aromatic carbocycles. The highest BCUT2D eigenvalue weighted by Gasteiger charge is 2.16. The van der Waals surface area contributed by atoms with E-state index in [1.165, 1.54) is 18.4 Å². The van der Waals surface area contributed by atoms with Gasteiger partial charge in [0.1, 0.15) is 5.82 Å². The number of hydrogen-bond acceptors (Lipinski definition) is 5. The lowest BCUT2D eigenvalue weighted by molar-refractivity contribution is 0.251. The van der Waals surface area contributed by atoms with Gasteiger partial charge in [0.25, 0.3) is 0 Å².